The van der Waals surface area contributed by atoms with Gasteiger partial charge in [0.25, 0.3) is 5.91 Å². The molecule has 0 bridgehead atoms. The fourth-order valence-corrected chi connectivity index (χ4v) is 4.00. The molecule has 0 aliphatic carbocycles. The van der Waals surface area contributed by atoms with Crippen molar-refractivity contribution in [3.05, 3.63) is 11.8 Å². The Morgan fingerprint density at radius 2 is 1.52 bits per heavy atom. The van der Waals surface area contributed by atoms with E-state index in [0.29, 0.717) is 31.6 Å². The van der Waals surface area contributed by atoms with Crippen LogP contribution in [0.1, 0.15) is 110 Å². The van der Waals surface area contributed by atoms with Gasteiger partial charge in [0.15, 0.2) is 0 Å². The first-order valence-corrected chi connectivity index (χ1v) is 12.4. The van der Waals surface area contributed by atoms with Gasteiger partial charge in [0, 0.05) is 25.5 Å². The summed E-state index contributed by atoms with van der Waals surface area (Å²) in [5, 5.41) is 2.98. The van der Waals surface area contributed by atoms with Crippen LogP contribution in [0.4, 0.5) is 0 Å². The van der Waals surface area contributed by atoms with Crippen LogP contribution in [0.2, 0.25) is 0 Å². The lowest BCUT2D eigenvalue weighted by molar-refractivity contribution is -0.143. The highest BCUT2D eigenvalue weighted by Crippen LogP contribution is 2.26. The fraction of sp³-hybridized carbons (Fsp3) is 0.800. The third kappa shape index (κ3) is 10.8. The quantitative estimate of drug-likeness (QED) is 0.297. The van der Waals surface area contributed by atoms with E-state index in [4.69, 9.17) is 4.74 Å². The molecule has 1 heterocycles. The molecule has 0 saturated carbocycles. The smallest absolute Gasteiger partial charge is 0.257 e. The Kier molecular flexibility index (Phi) is 14.7. The molecule has 1 atom stereocenters. The Morgan fingerprint density at radius 1 is 0.903 bits per heavy atom. The van der Waals surface area contributed by atoms with Crippen molar-refractivity contribution in [2.45, 2.75) is 116 Å². The van der Waals surface area contributed by atoms with E-state index in [0.717, 1.165) is 44.9 Å². The second-order valence-corrected chi connectivity index (χ2v) is 8.54. The number of ether oxygens (including phenoxy) is 1. The van der Waals surface area contributed by atoms with Gasteiger partial charge in [0.1, 0.15) is 5.76 Å². The Morgan fingerprint density at radius 3 is 2.13 bits per heavy atom. The molecule has 0 aromatic rings. The van der Waals surface area contributed by atoms with Gasteiger partial charge in [-0.3, -0.25) is 19.3 Å². The van der Waals surface area contributed by atoms with E-state index in [-0.39, 0.29) is 23.8 Å². The van der Waals surface area contributed by atoms with Crippen LogP contribution in [0, 0.1) is 0 Å². The van der Waals surface area contributed by atoms with Gasteiger partial charge in [0.05, 0.1) is 13.2 Å². The molecule has 1 rings (SSSR count). The zero-order valence-corrected chi connectivity index (χ0v) is 20.0. The highest BCUT2D eigenvalue weighted by atomic mass is 16.5. The predicted octanol–water partition coefficient (Wildman–Crippen LogP) is 5.26. The highest BCUT2D eigenvalue weighted by molar-refractivity contribution is 6.04. The number of hydrogen-bond acceptors (Lipinski definition) is 4. The minimum absolute atomic E-state index is 0.105. The Bertz CT molecular complexity index is 574. The summed E-state index contributed by atoms with van der Waals surface area (Å²) >= 11 is 0. The van der Waals surface area contributed by atoms with Crippen molar-refractivity contribution in [2.75, 3.05) is 13.7 Å². The van der Waals surface area contributed by atoms with Crippen molar-refractivity contribution >= 4 is 17.7 Å². The van der Waals surface area contributed by atoms with Gasteiger partial charge in [-0.05, 0) is 32.1 Å². The SMILES string of the molecule is CCCCCCCC(=O)NCCCC[C@H]1C(OC)=CC(=O)N1C(=O)CCCCCCC. The van der Waals surface area contributed by atoms with Gasteiger partial charge in [-0.25, -0.2) is 0 Å². The van der Waals surface area contributed by atoms with Gasteiger partial charge in [-0.2, -0.15) is 0 Å². The summed E-state index contributed by atoms with van der Waals surface area (Å²) in [6.07, 6.45) is 15.8. The van der Waals surface area contributed by atoms with Crippen LogP contribution >= 0.6 is 0 Å². The number of hydrogen-bond donors (Lipinski definition) is 1. The summed E-state index contributed by atoms with van der Waals surface area (Å²) in [6, 6.07) is -0.310. The van der Waals surface area contributed by atoms with Crippen molar-refractivity contribution in [1.29, 1.82) is 0 Å². The van der Waals surface area contributed by atoms with E-state index in [1.807, 2.05) is 0 Å². The average Bonchev–Trinajstić information content (AvgIpc) is 3.08. The zero-order valence-electron chi connectivity index (χ0n) is 20.0. The van der Waals surface area contributed by atoms with Crippen molar-refractivity contribution in [3.63, 3.8) is 0 Å². The molecule has 0 spiro atoms. The van der Waals surface area contributed by atoms with Crippen LogP contribution < -0.4 is 5.32 Å². The van der Waals surface area contributed by atoms with Crippen molar-refractivity contribution in [1.82, 2.24) is 10.2 Å². The lowest BCUT2D eigenvalue weighted by Crippen LogP contribution is -2.40. The number of nitrogens with zero attached hydrogens (tertiary/aromatic N) is 1. The van der Waals surface area contributed by atoms with Gasteiger partial charge in [-0.15, -0.1) is 0 Å². The third-order valence-corrected chi connectivity index (χ3v) is 5.88. The van der Waals surface area contributed by atoms with E-state index in [1.54, 1.807) is 7.11 Å². The summed E-state index contributed by atoms with van der Waals surface area (Å²) in [7, 11) is 1.55. The summed E-state index contributed by atoms with van der Waals surface area (Å²) in [4.78, 5) is 38.3. The minimum Gasteiger partial charge on any atom is -0.499 e. The Balaban J connectivity index is 2.32. The monoisotopic (exact) mass is 436 g/mol. The number of amides is 3. The van der Waals surface area contributed by atoms with Crippen molar-refractivity contribution in [2.24, 2.45) is 0 Å². The zero-order chi connectivity index (χ0) is 22.9. The van der Waals surface area contributed by atoms with Gasteiger partial charge in [0.2, 0.25) is 11.8 Å². The average molecular weight is 437 g/mol. The van der Waals surface area contributed by atoms with Gasteiger partial charge >= 0.3 is 0 Å². The van der Waals surface area contributed by atoms with Gasteiger partial charge < -0.3 is 10.1 Å². The third-order valence-electron chi connectivity index (χ3n) is 5.88. The van der Waals surface area contributed by atoms with E-state index in [9.17, 15) is 14.4 Å². The molecular formula is C25H44N2O4. The first kappa shape index (κ1) is 27.2. The molecule has 0 fully saturated rings. The van der Waals surface area contributed by atoms with Crippen LogP contribution in [0.5, 0.6) is 0 Å². The standard InChI is InChI=1S/C25H44N2O4/c1-4-6-8-10-12-17-23(28)26-19-15-14-16-21-22(31-3)20-25(30)27(21)24(29)18-13-11-9-7-5-2/h20-21H,4-19H2,1-3H3,(H,26,28)/t21-/m0/s1. The molecule has 0 radical (unpaired) electrons. The van der Waals surface area contributed by atoms with E-state index in [2.05, 4.69) is 19.2 Å². The molecule has 1 aliphatic rings. The molecule has 1 N–H and O–H groups in total. The van der Waals surface area contributed by atoms with Crippen LogP contribution in [-0.4, -0.2) is 42.3 Å². The molecule has 0 unspecified atom stereocenters. The second-order valence-electron chi connectivity index (χ2n) is 8.54. The Labute approximate surface area is 189 Å². The lowest BCUT2D eigenvalue weighted by atomic mass is 10.1. The highest BCUT2D eigenvalue weighted by Gasteiger charge is 2.37. The minimum atomic E-state index is -0.310. The molecule has 178 valence electrons. The molecule has 0 saturated heterocycles. The number of imide groups is 1. The lowest BCUT2D eigenvalue weighted by Gasteiger charge is -2.25. The Hall–Kier alpha value is -1.85. The fourth-order valence-electron chi connectivity index (χ4n) is 4.00. The van der Waals surface area contributed by atoms with Crippen LogP contribution in [0.25, 0.3) is 0 Å². The van der Waals surface area contributed by atoms with Crippen molar-refractivity contribution < 1.29 is 19.1 Å². The van der Waals surface area contributed by atoms with Crippen molar-refractivity contribution in [3.8, 4) is 0 Å². The second kappa shape index (κ2) is 16.8. The number of carbonyl (C=O) groups excluding carboxylic acids is 3. The number of nitrogens with one attached hydrogen (secondary N) is 1. The normalized spacial score (nSPS) is 15.8. The topological polar surface area (TPSA) is 75.7 Å². The molecule has 0 aromatic carbocycles. The molecule has 0 aromatic heterocycles. The van der Waals surface area contributed by atoms with Crippen LogP contribution in [0.15, 0.2) is 11.8 Å². The molecule has 6 heteroatoms. The number of unbranched alkanes of at least 4 members (excludes halogenated alkanes) is 9. The van der Waals surface area contributed by atoms with Gasteiger partial charge in [-0.1, -0.05) is 65.2 Å². The van der Waals surface area contributed by atoms with Crippen LogP contribution in [-0.2, 0) is 19.1 Å². The summed E-state index contributed by atoms with van der Waals surface area (Å²) in [5.74, 6) is 0.313. The summed E-state index contributed by atoms with van der Waals surface area (Å²) in [6.45, 7) is 4.98. The van der Waals surface area contributed by atoms with E-state index < -0.39 is 0 Å². The molecule has 3 amide bonds. The molecule has 6 nitrogen and oxygen atoms in total. The maximum atomic E-state index is 12.7. The maximum Gasteiger partial charge on any atom is 0.257 e. The largest absolute Gasteiger partial charge is 0.499 e. The number of methoxy groups -OCH3 is 1. The molecule has 1 aliphatic heterocycles. The summed E-state index contributed by atoms with van der Waals surface area (Å²) < 4.78 is 5.38. The van der Waals surface area contributed by atoms with Crippen LogP contribution in [0.3, 0.4) is 0 Å². The first-order valence-electron chi connectivity index (χ1n) is 12.4. The molecular weight excluding hydrogens is 392 g/mol. The van der Waals surface area contributed by atoms with E-state index >= 15 is 0 Å². The maximum absolute atomic E-state index is 12.7. The number of rotatable bonds is 18. The van der Waals surface area contributed by atoms with E-state index in [1.165, 1.54) is 43.1 Å². The first-order chi connectivity index (χ1) is 15.0. The number of carbonyl (C=O) groups is 3. The summed E-state index contributed by atoms with van der Waals surface area (Å²) in [5.41, 5.74) is 0. The predicted molar refractivity (Wildman–Crippen MR) is 124 cm³/mol. The molecule has 31 heavy (non-hydrogen) atoms.